The third kappa shape index (κ3) is 3.03. The molecular weight excluding hydrogens is 308 g/mol. The van der Waals surface area contributed by atoms with E-state index in [1.165, 1.54) is 11.5 Å². The number of anilines is 2. The highest BCUT2D eigenvalue weighted by Crippen LogP contribution is 2.38. The van der Waals surface area contributed by atoms with Crippen LogP contribution in [0.25, 0.3) is 10.6 Å². The molecule has 3 rings (SSSR count). The van der Waals surface area contributed by atoms with Crippen LogP contribution in [0.1, 0.15) is 17.4 Å². The molecule has 0 atom stereocenters. The lowest BCUT2D eigenvalue weighted by Crippen LogP contribution is -2.05. The van der Waals surface area contributed by atoms with E-state index in [2.05, 4.69) is 24.8 Å². The molecule has 110 valence electrons. The first-order valence-corrected chi connectivity index (χ1v) is 7.99. The fraction of sp³-hybridized carbons (Fsp3) is 0.333. The monoisotopic (exact) mass is 322 g/mol. The van der Waals surface area contributed by atoms with Crippen LogP contribution in [0.15, 0.2) is 9.90 Å². The van der Waals surface area contributed by atoms with Gasteiger partial charge in [-0.2, -0.15) is 9.36 Å². The van der Waals surface area contributed by atoms with Crippen LogP contribution in [0, 0.1) is 13.8 Å². The maximum Gasteiger partial charge on any atom is 0.228 e. The van der Waals surface area contributed by atoms with Crippen LogP contribution < -0.4 is 11.1 Å². The maximum atomic E-state index is 5.95. The van der Waals surface area contributed by atoms with E-state index in [0.717, 1.165) is 21.3 Å². The smallest absolute Gasteiger partial charge is 0.228 e. The van der Waals surface area contributed by atoms with Crippen molar-refractivity contribution in [3.8, 4) is 10.6 Å². The molecule has 0 saturated heterocycles. The Kier molecular flexibility index (Phi) is 3.84. The number of hydrogen-bond acceptors (Lipinski definition) is 9. The summed E-state index contributed by atoms with van der Waals surface area (Å²) in [4.78, 5) is 8.63. The zero-order valence-electron chi connectivity index (χ0n) is 11.6. The summed E-state index contributed by atoms with van der Waals surface area (Å²) in [5, 5.41) is 10.9. The van der Waals surface area contributed by atoms with E-state index in [-0.39, 0.29) is 0 Å². The van der Waals surface area contributed by atoms with E-state index in [1.54, 1.807) is 18.3 Å². The molecule has 21 heavy (non-hydrogen) atoms. The van der Waals surface area contributed by atoms with Crippen LogP contribution in [-0.4, -0.2) is 26.0 Å². The van der Waals surface area contributed by atoms with Crippen molar-refractivity contribution < 1.29 is 4.52 Å². The summed E-state index contributed by atoms with van der Waals surface area (Å²) >= 11 is 2.90. The Labute approximate surface area is 129 Å². The number of thiazole rings is 1. The van der Waals surface area contributed by atoms with Crippen molar-refractivity contribution in [2.75, 3.05) is 17.6 Å². The SMILES string of the molecule is Cc1csc(-c2c(N)nsc2NCCc2nc(C)no2)n1. The zero-order chi connectivity index (χ0) is 14.8. The van der Waals surface area contributed by atoms with Gasteiger partial charge in [-0.1, -0.05) is 5.16 Å². The van der Waals surface area contributed by atoms with Gasteiger partial charge in [-0.3, -0.25) is 0 Å². The highest BCUT2D eigenvalue weighted by Gasteiger charge is 2.16. The average Bonchev–Trinajstić information content (AvgIpc) is 3.12. The van der Waals surface area contributed by atoms with Crippen molar-refractivity contribution in [2.45, 2.75) is 20.3 Å². The number of nitrogens with two attached hydrogens (primary N) is 1. The Morgan fingerprint density at radius 1 is 1.33 bits per heavy atom. The summed E-state index contributed by atoms with van der Waals surface area (Å²) < 4.78 is 9.28. The highest BCUT2D eigenvalue weighted by atomic mass is 32.1. The van der Waals surface area contributed by atoms with Gasteiger partial charge in [-0.05, 0) is 25.4 Å². The van der Waals surface area contributed by atoms with E-state index >= 15 is 0 Å². The van der Waals surface area contributed by atoms with Gasteiger partial charge in [0.05, 0.1) is 5.56 Å². The minimum Gasteiger partial charge on any atom is -0.382 e. The second-order valence-electron chi connectivity index (χ2n) is 4.48. The third-order valence-corrected chi connectivity index (χ3v) is 4.54. The topological polar surface area (TPSA) is 103 Å². The lowest BCUT2D eigenvalue weighted by atomic mass is 10.3. The van der Waals surface area contributed by atoms with Crippen LogP contribution in [0.2, 0.25) is 0 Å². The molecule has 3 aromatic heterocycles. The summed E-state index contributed by atoms with van der Waals surface area (Å²) in [7, 11) is 0. The highest BCUT2D eigenvalue weighted by molar-refractivity contribution is 7.15. The van der Waals surface area contributed by atoms with Gasteiger partial charge in [-0.25, -0.2) is 4.98 Å². The molecule has 0 bridgehead atoms. The molecule has 0 fully saturated rings. The van der Waals surface area contributed by atoms with Crippen LogP contribution in [0.5, 0.6) is 0 Å². The van der Waals surface area contributed by atoms with Crippen molar-refractivity contribution >= 4 is 33.7 Å². The quantitative estimate of drug-likeness (QED) is 0.744. The molecular formula is C12H14N6OS2. The second-order valence-corrected chi connectivity index (χ2v) is 6.11. The number of rotatable bonds is 5. The predicted molar refractivity (Wildman–Crippen MR) is 83.6 cm³/mol. The van der Waals surface area contributed by atoms with E-state index in [1.807, 2.05) is 12.3 Å². The lowest BCUT2D eigenvalue weighted by molar-refractivity contribution is 0.377. The number of nitrogen functional groups attached to an aromatic ring is 1. The van der Waals surface area contributed by atoms with E-state index in [0.29, 0.717) is 30.5 Å². The van der Waals surface area contributed by atoms with Gasteiger partial charge in [-0.15, -0.1) is 11.3 Å². The first-order valence-electron chi connectivity index (χ1n) is 6.34. The Balaban J connectivity index is 1.71. The summed E-state index contributed by atoms with van der Waals surface area (Å²) in [6.45, 7) is 4.43. The molecule has 0 aliphatic rings. The standard InChI is InChI=1S/C12H14N6OS2/c1-6-5-20-12(15-6)9-10(13)18-21-11(9)14-4-3-8-16-7(2)17-19-8/h5,14H,3-4H2,1-2H3,(H2,13,18). The molecule has 0 aliphatic carbocycles. The third-order valence-electron chi connectivity index (χ3n) is 2.75. The number of aryl methyl sites for hydroxylation is 2. The van der Waals surface area contributed by atoms with Crippen LogP contribution in [-0.2, 0) is 6.42 Å². The number of hydrogen-bond donors (Lipinski definition) is 2. The van der Waals surface area contributed by atoms with Gasteiger partial charge in [0, 0.05) is 24.0 Å². The summed E-state index contributed by atoms with van der Waals surface area (Å²) in [5.74, 6) is 1.76. The van der Waals surface area contributed by atoms with Gasteiger partial charge in [0.1, 0.15) is 15.8 Å². The molecule has 0 aliphatic heterocycles. The molecule has 9 heteroatoms. The first-order chi connectivity index (χ1) is 10.1. The summed E-state index contributed by atoms with van der Waals surface area (Å²) in [6, 6.07) is 0. The predicted octanol–water partition coefficient (Wildman–Crippen LogP) is 2.50. The molecule has 0 amide bonds. The molecule has 3 aromatic rings. The molecule has 3 heterocycles. The Hall–Kier alpha value is -2.00. The van der Waals surface area contributed by atoms with Crippen LogP contribution in [0.3, 0.4) is 0 Å². The normalized spacial score (nSPS) is 11.0. The van der Waals surface area contributed by atoms with Gasteiger partial charge in [0.25, 0.3) is 0 Å². The second kappa shape index (κ2) is 5.78. The Bertz CT molecular complexity index is 747. The lowest BCUT2D eigenvalue weighted by Gasteiger charge is -2.03. The van der Waals surface area contributed by atoms with Crippen molar-refractivity contribution in [1.82, 2.24) is 19.5 Å². The van der Waals surface area contributed by atoms with Crippen molar-refractivity contribution in [2.24, 2.45) is 0 Å². The summed E-state index contributed by atoms with van der Waals surface area (Å²) in [6.07, 6.45) is 0.648. The van der Waals surface area contributed by atoms with E-state index < -0.39 is 0 Å². The van der Waals surface area contributed by atoms with Gasteiger partial charge in [0.2, 0.25) is 5.89 Å². The molecule has 3 N–H and O–H groups in total. The van der Waals surface area contributed by atoms with Crippen LogP contribution >= 0.6 is 22.9 Å². The minimum absolute atomic E-state index is 0.505. The van der Waals surface area contributed by atoms with Crippen molar-refractivity contribution in [1.29, 1.82) is 0 Å². The Morgan fingerprint density at radius 2 is 2.19 bits per heavy atom. The molecule has 0 spiro atoms. The van der Waals surface area contributed by atoms with Gasteiger partial charge >= 0.3 is 0 Å². The molecule has 0 aromatic carbocycles. The number of aromatic nitrogens is 4. The van der Waals surface area contributed by atoms with Crippen LogP contribution in [0.4, 0.5) is 10.8 Å². The van der Waals surface area contributed by atoms with E-state index in [9.17, 15) is 0 Å². The van der Waals surface area contributed by atoms with Crippen molar-refractivity contribution in [3.63, 3.8) is 0 Å². The van der Waals surface area contributed by atoms with Gasteiger partial charge < -0.3 is 15.6 Å². The summed E-state index contributed by atoms with van der Waals surface area (Å²) in [5.41, 5.74) is 7.81. The largest absolute Gasteiger partial charge is 0.382 e. The molecule has 7 nitrogen and oxygen atoms in total. The fourth-order valence-electron chi connectivity index (χ4n) is 1.82. The number of nitrogens with one attached hydrogen (secondary N) is 1. The van der Waals surface area contributed by atoms with Gasteiger partial charge in [0.15, 0.2) is 5.82 Å². The number of nitrogens with zero attached hydrogens (tertiary/aromatic N) is 4. The van der Waals surface area contributed by atoms with Crippen molar-refractivity contribution in [3.05, 3.63) is 22.8 Å². The molecule has 0 saturated carbocycles. The first kappa shape index (κ1) is 14.0. The molecule has 0 unspecified atom stereocenters. The Morgan fingerprint density at radius 3 is 2.86 bits per heavy atom. The molecule has 0 radical (unpaired) electrons. The zero-order valence-corrected chi connectivity index (χ0v) is 13.2. The average molecular weight is 322 g/mol. The minimum atomic E-state index is 0.505. The fourth-order valence-corrected chi connectivity index (χ4v) is 3.48. The maximum absolute atomic E-state index is 5.95. The van der Waals surface area contributed by atoms with E-state index in [4.69, 9.17) is 10.3 Å².